The van der Waals surface area contributed by atoms with Crippen molar-refractivity contribution in [3.05, 3.63) is 72.8 Å². The third kappa shape index (κ3) is 2.91. The van der Waals surface area contributed by atoms with E-state index in [0.29, 0.717) is 15.8 Å². The van der Waals surface area contributed by atoms with Crippen LogP contribution in [0.3, 0.4) is 0 Å². The molecule has 0 aliphatic carbocycles. The van der Waals surface area contributed by atoms with Crippen LogP contribution in [0, 0.1) is 0 Å². The molecule has 1 unspecified atom stereocenters. The van der Waals surface area contributed by atoms with Gasteiger partial charge in [-0.3, -0.25) is 0 Å². The maximum atomic E-state index is 13.3. The van der Waals surface area contributed by atoms with Crippen molar-refractivity contribution < 1.29 is 4.21 Å². The molecule has 0 fully saturated rings. The molecule has 3 aromatic carbocycles. The number of hydrogen-bond donors (Lipinski definition) is 2. The molecule has 0 spiro atoms. The number of nitrogen functional groups attached to an aromatic ring is 2. The molecule has 0 aliphatic heterocycles. The Bertz CT molecular complexity index is 1130. The number of benzene rings is 3. The van der Waals surface area contributed by atoms with Crippen molar-refractivity contribution in [2.45, 2.75) is 9.79 Å². The fraction of sp³-hybridized carbons (Fsp3) is 0. The first-order valence-electron chi connectivity index (χ1n) is 8.02. The average molecular weight is 360 g/mol. The number of fused-ring (bicyclic) bond motifs is 1. The minimum atomic E-state index is -1.37. The highest BCUT2D eigenvalue weighted by Crippen LogP contribution is 2.30. The van der Waals surface area contributed by atoms with Crippen molar-refractivity contribution in [1.29, 1.82) is 0 Å². The van der Waals surface area contributed by atoms with E-state index >= 15 is 0 Å². The summed E-state index contributed by atoms with van der Waals surface area (Å²) in [6.45, 7) is 0. The first-order chi connectivity index (χ1) is 12.6. The van der Waals surface area contributed by atoms with Gasteiger partial charge in [-0.2, -0.15) is 4.98 Å². The highest BCUT2D eigenvalue weighted by atomic mass is 32.2. The molecule has 0 radical (unpaired) electrons. The molecule has 1 atom stereocenters. The van der Waals surface area contributed by atoms with Gasteiger partial charge < -0.3 is 11.5 Å². The van der Waals surface area contributed by atoms with Crippen LogP contribution in [0.4, 0.5) is 11.8 Å². The Kier molecular flexibility index (Phi) is 4.10. The Morgan fingerprint density at radius 2 is 1.54 bits per heavy atom. The van der Waals surface area contributed by atoms with Crippen LogP contribution < -0.4 is 11.5 Å². The van der Waals surface area contributed by atoms with E-state index in [0.717, 1.165) is 16.0 Å². The van der Waals surface area contributed by atoms with E-state index in [1.165, 1.54) is 0 Å². The maximum absolute atomic E-state index is 13.3. The third-order valence-corrected chi connectivity index (χ3v) is 5.54. The topological polar surface area (TPSA) is 94.9 Å². The predicted octanol–water partition coefficient (Wildman–Crippen LogP) is 3.63. The number of nitrogens with zero attached hydrogens (tertiary/aromatic N) is 2. The molecule has 26 heavy (non-hydrogen) atoms. The van der Waals surface area contributed by atoms with Crippen molar-refractivity contribution in [2.75, 3.05) is 11.5 Å². The number of rotatable bonds is 3. The van der Waals surface area contributed by atoms with Crippen LogP contribution >= 0.6 is 0 Å². The highest BCUT2D eigenvalue weighted by molar-refractivity contribution is 7.85. The highest BCUT2D eigenvalue weighted by Gasteiger charge is 2.14. The van der Waals surface area contributed by atoms with Crippen molar-refractivity contribution in [3.63, 3.8) is 0 Å². The third-order valence-electron chi connectivity index (χ3n) is 4.10. The molecule has 0 aliphatic rings. The van der Waals surface area contributed by atoms with E-state index in [2.05, 4.69) is 9.97 Å². The summed E-state index contributed by atoms with van der Waals surface area (Å²) in [6, 6.07) is 22.9. The number of aromatic nitrogens is 2. The van der Waals surface area contributed by atoms with Crippen molar-refractivity contribution in [2.24, 2.45) is 0 Å². The van der Waals surface area contributed by atoms with Crippen LogP contribution in [0.5, 0.6) is 0 Å². The number of anilines is 2. The van der Waals surface area contributed by atoms with Gasteiger partial charge in [-0.1, -0.05) is 48.5 Å². The summed E-state index contributed by atoms with van der Waals surface area (Å²) < 4.78 is 13.3. The first-order valence-corrected chi connectivity index (χ1v) is 9.17. The van der Waals surface area contributed by atoms with Crippen molar-refractivity contribution in [3.8, 4) is 11.1 Å². The lowest BCUT2D eigenvalue weighted by atomic mass is 10.1. The van der Waals surface area contributed by atoms with Crippen LogP contribution in [-0.4, -0.2) is 14.2 Å². The predicted molar refractivity (Wildman–Crippen MR) is 105 cm³/mol. The molecule has 4 N–H and O–H groups in total. The largest absolute Gasteiger partial charge is 0.383 e. The van der Waals surface area contributed by atoms with E-state index in [9.17, 15) is 4.21 Å². The van der Waals surface area contributed by atoms with E-state index in [1.807, 2.05) is 54.6 Å². The Balaban J connectivity index is 1.83. The van der Waals surface area contributed by atoms with Gasteiger partial charge in [0.25, 0.3) is 0 Å². The minimum absolute atomic E-state index is 0.123. The van der Waals surface area contributed by atoms with Crippen LogP contribution in [0.1, 0.15) is 0 Å². The van der Waals surface area contributed by atoms with Crippen LogP contribution in [0.15, 0.2) is 82.6 Å². The summed E-state index contributed by atoms with van der Waals surface area (Å²) in [7, 11) is -1.37. The maximum Gasteiger partial charge on any atom is 0.222 e. The standard InChI is InChI=1S/C20H16N4OS/c21-19-16-12-14(10-11-17(16)23-20(22)24-19)26(25)18-9-5-4-8-15(18)13-6-2-1-3-7-13/h1-12H,(H4,21,22,23,24). The summed E-state index contributed by atoms with van der Waals surface area (Å²) in [5.74, 6) is 0.404. The van der Waals surface area contributed by atoms with Crippen molar-refractivity contribution >= 4 is 33.5 Å². The van der Waals surface area contributed by atoms with Gasteiger partial charge in [0.2, 0.25) is 5.95 Å². The minimum Gasteiger partial charge on any atom is -0.383 e. The van der Waals surface area contributed by atoms with Gasteiger partial charge in [0.1, 0.15) is 5.82 Å². The van der Waals surface area contributed by atoms with Crippen LogP contribution in [0.25, 0.3) is 22.0 Å². The molecular weight excluding hydrogens is 344 g/mol. The van der Waals surface area contributed by atoms with E-state index in [1.54, 1.807) is 18.2 Å². The molecule has 4 rings (SSSR count). The molecule has 1 aromatic heterocycles. The monoisotopic (exact) mass is 360 g/mol. The SMILES string of the molecule is Nc1nc(N)c2cc(S(=O)c3ccccc3-c3ccccc3)ccc2n1. The van der Waals surface area contributed by atoms with Crippen molar-refractivity contribution in [1.82, 2.24) is 9.97 Å². The quantitative estimate of drug-likeness (QED) is 0.582. The summed E-state index contributed by atoms with van der Waals surface area (Å²) in [4.78, 5) is 9.53. The number of nitrogens with two attached hydrogens (primary N) is 2. The van der Waals surface area contributed by atoms with Gasteiger partial charge in [-0.25, -0.2) is 9.19 Å². The Hall–Kier alpha value is -3.25. The second-order valence-electron chi connectivity index (χ2n) is 5.78. The van der Waals surface area contributed by atoms with Gasteiger partial charge in [0.15, 0.2) is 0 Å². The lowest BCUT2D eigenvalue weighted by Crippen LogP contribution is -2.02. The smallest absolute Gasteiger partial charge is 0.222 e. The molecule has 0 bridgehead atoms. The first kappa shape index (κ1) is 16.2. The molecule has 0 amide bonds. The molecule has 6 heteroatoms. The summed E-state index contributed by atoms with van der Waals surface area (Å²) in [6.07, 6.45) is 0. The summed E-state index contributed by atoms with van der Waals surface area (Å²) in [5, 5.41) is 0.641. The normalized spacial score (nSPS) is 12.2. The Morgan fingerprint density at radius 3 is 2.35 bits per heavy atom. The van der Waals surface area contributed by atoms with Crippen LogP contribution in [-0.2, 0) is 10.8 Å². The Morgan fingerprint density at radius 1 is 0.808 bits per heavy atom. The van der Waals surface area contributed by atoms with Gasteiger partial charge >= 0.3 is 0 Å². The molecule has 128 valence electrons. The Labute approximate surface area is 153 Å². The lowest BCUT2D eigenvalue weighted by molar-refractivity contribution is 0.683. The molecule has 0 saturated carbocycles. The average Bonchev–Trinajstić information content (AvgIpc) is 2.68. The second kappa shape index (κ2) is 6.57. The van der Waals surface area contributed by atoms with E-state index < -0.39 is 10.8 Å². The zero-order valence-corrected chi connectivity index (χ0v) is 14.6. The van der Waals surface area contributed by atoms with Gasteiger partial charge in [0, 0.05) is 10.3 Å². The molecule has 1 heterocycles. The summed E-state index contributed by atoms with van der Waals surface area (Å²) >= 11 is 0. The fourth-order valence-corrected chi connectivity index (χ4v) is 4.13. The van der Waals surface area contributed by atoms with E-state index in [4.69, 9.17) is 11.5 Å². The lowest BCUT2D eigenvalue weighted by Gasteiger charge is -2.11. The molecule has 4 aromatic rings. The van der Waals surface area contributed by atoms with Gasteiger partial charge in [-0.05, 0) is 35.4 Å². The van der Waals surface area contributed by atoms with Gasteiger partial charge in [-0.15, -0.1) is 0 Å². The summed E-state index contributed by atoms with van der Waals surface area (Å²) in [5.41, 5.74) is 14.2. The number of hydrogen-bond acceptors (Lipinski definition) is 5. The van der Waals surface area contributed by atoms with E-state index in [-0.39, 0.29) is 11.8 Å². The zero-order valence-electron chi connectivity index (χ0n) is 13.8. The van der Waals surface area contributed by atoms with Gasteiger partial charge in [0.05, 0.1) is 21.2 Å². The second-order valence-corrected chi connectivity index (χ2v) is 7.23. The molecular formula is C20H16N4OS. The molecule has 5 nitrogen and oxygen atoms in total. The molecule has 0 saturated heterocycles. The van der Waals surface area contributed by atoms with Crippen LogP contribution in [0.2, 0.25) is 0 Å². The fourth-order valence-electron chi connectivity index (χ4n) is 2.88. The zero-order chi connectivity index (χ0) is 18.1.